The zero-order valence-corrected chi connectivity index (χ0v) is 12.0. The van der Waals surface area contributed by atoms with Gasteiger partial charge in [-0.15, -0.1) is 0 Å². The second-order valence-corrected chi connectivity index (χ2v) is 5.35. The molecule has 21 heavy (non-hydrogen) atoms. The minimum Gasteiger partial charge on any atom is -0.472 e. The molecule has 2 heterocycles. The van der Waals surface area contributed by atoms with Crippen LogP contribution in [0.25, 0.3) is 11.0 Å². The monoisotopic (exact) mass is 283 g/mol. The van der Waals surface area contributed by atoms with Gasteiger partial charge in [-0.1, -0.05) is 26.0 Å². The highest BCUT2D eigenvalue weighted by atomic mass is 16.3. The molecule has 2 aromatic heterocycles. The summed E-state index contributed by atoms with van der Waals surface area (Å²) in [5.41, 5.74) is 2.38. The van der Waals surface area contributed by atoms with Crippen LogP contribution in [0.15, 0.2) is 47.3 Å². The summed E-state index contributed by atoms with van der Waals surface area (Å²) in [4.78, 5) is 20.0. The maximum Gasteiger partial charge on any atom is 0.255 e. The van der Waals surface area contributed by atoms with Crippen molar-refractivity contribution < 1.29 is 9.21 Å². The van der Waals surface area contributed by atoms with Crippen molar-refractivity contribution in [1.29, 1.82) is 0 Å². The number of benzene rings is 1. The first-order valence-corrected chi connectivity index (χ1v) is 6.93. The second kappa shape index (κ2) is 5.44. The van der Waals surface area contributed by atoms with Crippen molar-refractivity contribution in [3.8, 4) is 0 Å². The molecule has 5 heteroatoms. The number of para-hydroxylation sites is 2. The van der Waals surface area contributed by atoms with Gasteiger partial charge in [0.05, 0.1) is 28.9 Å². The molecular weight excluding hydrogens is 266 g/mol. The molecule has 3 aromatic rings. The van der Waals surface area contributed by atoms with Crippen LogP contribution in [0.5, 0.6) is 0 Å². The standard InChI is InChI=1S/C16H17N3O2/c1-10(2)14(19-16(20)11-7-8-21-9-11)15-17-12-5-3-4-6-13(12)18-15/h3-10,14H,1-2H3,(H,17,18)(H,19,20). The van der Waals surface area contributed by atoms with Gasteiger partial charge < -0.3 is 14.7 Å². The van der Waals surface area contributed by atoms with Crippen molar-refractivity contribution in [3.05, 3.63) is 54.2 Å². The van der Waals surface area contributed by atoms with E-state index >= 15 is 0 Å². The van der Waals surface area contributed by atoms with Crippen molar-refractivity contribution in [2.24, 2.45) is 5.92 Å². The summed E-state index contributed by atoms with van der Waals surface area (Å²) in [6, 6.07) is 9.29. The van der Waals surface area contributed by atoms with Crippen molar-refractivity contribution in [2.75, 3.05) is 0 Å². The maximum absolute atomic E-state index is 12.2. The number of nitrogens with zero attached hydrogens (tertiary/aromatic N) is 1. The minimum atomic E-state index is -0.181. The molecule has 1 amide bonds. The lowest BCUT2D eigenvalue weighted by Gasteiger charge is -2.19. The summed E-state index contributed by atoms with van der Waals surface area (Å²) >= 11 is 0. The number of H-pyrrole nitrogens is 1. The Morgan fingerprint density at radius 2 is 2.10 bits per heavy atom. The van der Waals surface area contributed by atoms with Crippen molar-refractivity contribution in [3.63, 3.8) is 0 Å². The number of carbonyl (C=O) groups excluding carboxylic acids is 1. The highest BCUT2D eigenvalue weighted by Gasteiger charge is 2.22. The maximum atomic E-state index is 12.2. The molecule has 2 N–H and O–H groups in total. The lowest BCUT2D eigenvalue weighted by molar-refractivity contribution is 0.0922. The van der Waals surface area contributed by atoms with Crippen LogP contribution in [0, 0.1) is 5.92 Å². The van der Waals surface area contributed by atoms with Crippen molar-refractivity contribution in [2.45, 2.75) is 19.9 Å². The van der Waals surface area contributed by atoms with Gasteiger partial charge in [0.2, 0.25) is 0 Å². The highest BCUT2D eigenvalue weighted by Crippen LogP contribution is 2.22. The van der Waals surface area contributed by atoms with Gasteiger partial charge in [0.1, 0.15) is 12.1 Å². The second-order valence-electron chi connectivity index (χ2n) is 5.35. The van der Waals surface area contributed by atoms with E-state index in [1.54, 1.807) is 6.07 Å². The third kappa shape index (κ3) is 2.67. The normalized spacial score (nSPS) is 12.7. The lowest BCUT2D eigenvalue weighted by Crippen LogP contribution is -2.32. The number of hydrogen-bond acceptors (Lipinski definition) is 3. The molecule has 0 aliphatic heterocycles. The Morgan fingerprint density at radius 1 is 1.29 bits per heavy atom. The fraction of sp³-hybridized carbons (Fsp3) is 0.250. The fourth-order valence-corrected chi connectivity index (χ4v) is 2.29. The molecule has 0 bridgehead atoms. The smallest absolute Gasteiger partial charge is 0.255 e. The first-order valence-electron chi connectivity index (χ1n) is 6.93. The first-order chi connectivity index (χ1) is 10.1. The molecule has 0 aliphatic rings. The molecule has 0 spiro atoms. The SMILES string of the molecule is CC(C)C(NC(=O)c1ccoc1)c1nc2ccccc2[nH]1. The van der Waals surface area contributed by atoms with Crippen LogP contribution in [0.1, 0.15) is 36.1 Å². The summed E-state index contributed by atoms with van der Waals surface area (Å²) in [7, 11) is 0. The Kier molecular flexibility index (Phi) is 3.48. The van der Waals surface area contributed by atoms with Gasteiger partial charge in [0.15, 0.2) is 0 Å². The van der Waals surface area contributed by atoms with Crippen molar-refractivity contribution in [1.82, 2.24) is 15.3 Å². The van der Waals surface area contributed by atoms with E-state index in [0.29, 0.717) is 5.56 Å². The predicted octanol–water partition coefficient (Wildman–Crippen LogP) is 3.28. The van der Waals surface area contributed by atoms with E-state index in [1.807, 2.05) is 38.1 Å². The van der Waals surface area contributed by atoms with Crippen LogP contribution in [-0.2, 0) is 0 Å². The number of nitrogens with one attached hydrogen (secondary N) is 2. The van der Waals surface area contributed by atoms with Crippen LogP contribution in [-0.4, -0.2) is 15.9 Å². The number of fused-ring (bicyclic) bond motifs is 1. The number of amides is 1. The first kappa shape index (κ1) is 13.4. The number of imidazole rings is 1. The Bertz CT molecular complexity index is 711. The number of aromatic amines is 1. The summed E-state index contributed by atoms with van der Waals surface area (Å²) in [6.07, 6.45) is 2.92. The van der Waals surface area contributed by atoms with Crippen LogP contribution >= 0.6 is 0 Å². The topological polar surface area (TPSA) is 70.9 Å². The third-order valence-corrected chi connectivity index (χ3v) is 3.44. The predicted molar refractivity (Wildman–Crippen MR) is 79.8 cm³/mol. The number of carbonyl (C=O) groups is 1. The number of hydrogen-bond donors (Lipinski definition) is 2. The third-order valence-electron chi connectivity index (χ3n) is 3.44. The Balaban J connectivity index is 1.89. The molecule has 0 fully saturated rings. The quantitative estimate of drug-likeness (QED) is 0.772. The molecule has 0 radical (unpaired) electrons. The number of aromatic nitrogens is 2. The van der Waals surface area contributed by atoms with Crippen LogP contribution in [0.3, 0.4) is 0 Å². The Labute approximate surface area is 122 Å². The molecule has 1 aromatic carbocycles. The zero-order chi connectivity index (χ0) is 14.8. The average molecular weight is 283 g/mol. The summed E-state index contributed by atoms with van der Waals surface area (Å²) in [6.45, 7) is 4.10. The summed E-state index contributed by atoms with van der Waals surface area (Å²) in [5, 5.41) is 3.00. The van der Waals surface area contributed by atoms with E-state index < -0.39 is 0 Å². The van der Waals surface area contributed by atoms with Crippen LogP contribution in [0.4, 0.5) is 0 Å². The summed E-state index contributed by atoms with van der Waals surface area (Å²) in [5.74, 6) is 0.812. The molecule has 5 nitrogen and oxygen atoms in total. The zero-order valence-electron chi connectivity index (χ0n) is 12.0. The molecule has 0 saturated heterocycles. The lowest BCUT2D eigenvalue weighted by atomic mass is 10.0. The van der Waals surface area contributed by atoms with E-state index in [9.17, 15) is 4.79 Å². The average Bonchev–Trinajstić information content (AvgIpc) is 3.12. The Hall–Kier alpha value is -2.56. The largest absolute Gasteiger partial charge is 0.472 e. The molecule has 3 rings (SSSR count). The van der Waals surface area contributed by atoms with E-state index in [1.165, 1.54) is 12.5 Å². The van der Waals surface area contributed by atoms with Crippen molar-refractivity contribution >= 4 is 16.9 Å². The highest BCUT2D eigenvalue weighted by molar-refractivity contribution is 5.94. The van der Waals surface area contributed by atoms with Gasteiger partial charge in [-0.2, -0.15) is 0 Å². The molecule has 1 unspecified atom stereocenters. The van der Waals surface area contributed by atoms with Gasteiger partial charge in [0, 0.05) is 0 Å². The minimum absolute atomic E-state index is 0.164. The number of furan rings is 1. The van der Waals surface area contributed by atoms with Gasteiger partial charge in [-0.05, 0) is 24.1 Å². The number of rotatable bonds is 4. The molecule has 0 aliphatic carbocycles. The van der Waals surface area contributed by atoms with E-state index in [-0.39, 0.29) is 17.9 Å². The van der Waals surface area contributed by atoms with E-state index in [2.05, 4.69) is 15.3 Å². The molecular formula is C16H17N3O2. The van der Waals surface area contributed by atoms with Gasteiger partial charge in [-0.3, -0.25) is 4.79 Å². The van der Waals surface area contributed by atoms with Gasteiger partial charge in [-0.25, -0.2) is 4.98 Å². The van der Waals surface area contributed by atoms with Crippen LogP contribution in [0.2, 0.25) is 0 Å². The molecule has 108 valence electrons. The van der Waals surface area contributed by atoms with Gasteiger partial charge >= 0.3 is 0 Å². The molecule has 1 atom stereocenters. The van der Waals surface area contributed by atoms with Gasteiger partial charge in [0.25, 0.3) is 5.91 Å². The van der Waals surface area contributed by atoms with E-state index in [4.69, 9.17) is 4.42 Å². The fourth-order valence-electron chi connectivity index (χ4n) is 2.29. The summed E-state index contributed by atoms with van der Waals surface area (Å²) < 4.78 is 4.95. The molecule has 0 saturated carbocycles. The van der Waals surface area contributed by atoms with E-state index in [0.717, 1.165) is 16.9 Å². The Morgan fingerprint density at radius 3 is 2.76 bits per heavy atom. The van der Waals surface area contributed by atoms with Crippen LogP contribution < -0.4 is 5.32 Å².